The first-order valence-corrected chi connectivity index (χ1v) is 6.37. The highest BCUT2D eigenvalue weighted by atomic mass is 19.1. The lowest BCUT2D eigenvalue weighted by Gasteiger charge is -2.11. The second kappa shape index (κ2) is 7.64. The molecule has 0 aliphatic carbocycles. The zero-order valence-corrected chi connectivity index (χ0v) is 10.9. The van der Waals surface area contributed by atoms with Gasteiger partial charge in [-0.15, -0.1) is 0 Å². The van der Waals surface area contributed by atoms with Crippen LogP contribution in [-0.4, -0.2) is 12.5 Å². The van der Waals surface area contributed by atoms with E-state index < -0.39 is 0 Å². The van der Waals surface area contributed by atoms with Crippen molar-refractivity contribution in [2.75, 3.05) is 6.54 Å². The van der Waals surface area contributed by atoms with Crippen molar-refractivity contribution in [3.05, 3.63) is 41.7 Å². The zero-order valence-electron chi connectivity index (χ0n) is 10.9. The van der Waals surface area contributed by atoms with Crippen LogP contribution in [0.4, 0.5) is 4.39 Å². The molecule has 0 aliphatic heterocycles. The molecule has 0 atom stereocenters. The predicted molar refractivity (Wildman–Crippen MR) is 72.5 cm³/mol. The van der Waals surface area contributed by atoms with E-state index in [1.165, 1.54) is 18.2 Å². The highest BCUT2D eigenvalue weighted by molar-refractivity contribution is 5.91. The Hall–Kier alpha value is -1.64. The van der Waals surface area contributed by atoms with Crippen molar-refractivity contribution in [3.63, 3.8) is 0 Å². The fraction of sp³-hybridized carbons (Fsp3) is 0.400. The Morgan fingerprint density at radius 3 is 2.61 bits per heavy atom. The van der Waals surface area contributed by atoms with Gasteiger partial charge in [0.05, 0.1) is 0 Å². The molecule has 0 radical (unpaired) electrons. The highest BCUT2D eigenvalue weighted by Crippen LogP contribution is 2.08. The van der Waals surface area contributed by atoms with Crippen LogP contribution in [0.1, 0.15) is 32.3 Å². The van der Waals surface area contributed by atoms with Crippen molar-refractivity contribution in [1.29, 1.82) is 0 Å². The minimum absolute atomic E-state index is 0.176. The molecule has 0 fully saturated rings. The molecule has 1 amide bonds. The van der Waals surface area contributed by atoms with Crippen LogP contribution in [0, 0.1) is 11.7 Å². The highest BCUT2D eigenvalue weighted by Gasteiger charge is 2.04. The van der Waals surface area contributed by atoms with Gasteiger partial charge in [-0.2, -0.15) is 0 Å². The SMILES string of the molecule is CCC(CC)CNC(=O)/C=C/c1ccccc1F. The second-order valence-corrected chi connectivity index (χ2v) is 4.28. The molecule has 1 N–H and O–H groups in total. The van der Waals surface area contributed by atoms with Crippen LogP contribution >= 0.6 is 0 Å². The van der Waals surface area contributed by atoms with E-state index in [1.807, 2.05) is 0 Å². The van der Waals surface area contributed by atoms with E-state index in [-0.39, 0.29) is 11.7 Å². The number of amides is 1. The number of carbonyl (C=O) groups excluding carboxylic acids is 1. The minimum atomic E-state index is -0.318. The van der Waals surface area contributed by atoms with Crippen LogP contribution in [0.2, 0.25) is 0 Å². The molecule has 0 unspecified atom stereocenters. The number of carbonyl (C=O) groups is 1. The van der Waals surface area contributed by atoms with Crippen molar-refractivity contribution in [2.45, 2.75) is 26.7 Å². The van der Waals surface area contributed by atoms with Gasteiger partial charge in [-0.05, 0) is 18.1 Å². The van der Waals surface area contributed by atoms with Crippen molar-refractivity contribution in [1.82, 2.24) is 5.32 Å². The second-order valence-electron chi connectivity index (χ2n) is 4.28. The van der Waals surface area contributed by atoms with Crippen LogP contribution < -0.4 is 5.32 Å². The van der Waals surface area contributed by atoms with Gasteiger partial charge in [0.15, 0.2) is 0 Å². The van der Waals surface area contributed by atoms with E-state index >= 15 is 0 Å². The summed E-state index contributed by atoms with van der Waals surface area (Å²) >= 11 is 0. The summed E-state index contributed by atoms with van der Waals surface area (Å²) in [4.78, 5) is 11.5. The summed E-state index contributed by atoms with van der Waals surface area (Å²) in [6.45, 7) is 4.89. The molecule has 0 saturated carbocycles. The van der Waals surface area contributed by atoms with Crippen LogP contribution in [0.15, 0.2) is 30.3 Å². The largest absolute Gasteiger partial charge is 0.352 e. The predicted octanol–water partition coefficient (Wildman–Crippen LogP) is 3.39. The Morgan fingerprint density at radius 1 is 1.33 bits per heavy atom. The molecular formula is C15H20FNO. The van der Waals surface area contributed by atoms with Gasteiger partial charge in [-0.1, -0.05) is 44.9 Å². The molecule has 1 aromatic rings. The van der Waals surface area contributed by atoms with Crippen molar-refractivity contribution < 1.29 is 9.18 Å². The lowest BCUT2D eigenvalue weighted by molar-refractivity contribution is -0.116. The summed E-state index contributed by atoms with van der Waals surface area (Å²) in [5.74, 6) is 0.0162. The third kappa shape index (κ3) is 4.70. The first-order valence-electron chi connectivity index (χ1n) is 6.37. The molecule has 0 aromatic heterocycles. The first kappa shape index (κ1) is 14.4. The van der Waals surface area contributed by atoms with Crippen molar-refractivity contribution in [3.8, 4) is 0 Å². The lowest BCUT2D eigenvalue weighted by atomic mass is 10.0. The average Bonchev–Trinajstić information content (AvgIpc) is 2.39. The molecule has 18 heavy (non-hydrogen) atoms. The molecule has 2 nitrogen and oxygen atoms in total. The number of halogens is 1. The van der Waals surface area contributed by atoms with Gasteiger partial charge in [0, 0.05) is 18.2 Å². The Bertz CT molecular complexity index is 411. The van der Waals surface area contributed by atoms with E-state index in [4.69, 9.17) is 0 Å². The third-order valence-corrected chi connectivity index (χ3v) is 3.04. The zero-order chi connectivity index (χ0) is 13.4. The number of benzene rings is 1. The maximum Gasteiger partial charge on any atom is 0.244 e. The summed E-state index contributed by atoms with van der Waals surface area (Å²) in [6.07, 6.45) is 4.97. The fourth-order valence-corrected chi connectivity index (χ4v) is 1.66. The van der Waals surface area contributed by atoms with Crippen LogP contribution in [0.3, 0.4) is 0 Å². The molecule has 1 aromatic carbocycles. The minimum Gasteiger partial charge on any atom is -0.352 e. The molecule has 0 spiro atoms. The molecule has 0 heterocycles. The van der Waals surface area contributed by atoms with Gasteiger partial charge in [-0.3, -0.25) is 4.79 Å². The average molecular weight is 249 g/mol. The molecule has 0 aliphatic rings. The summed E-state index contributed by atoms with van der Waals surface area (Å²) < 4.78 is 13.3. The summed E-state index contributed by atoms with van der Waals surface area (Å²) in [6, 6.07) is 6.38. The maximum atomic E-state index is 13.3. The molecule has 98 valence electrons. The third-order valence-electron chi connectivity index (χ3n) is 3.04. The normalized spacial score (nSPS) is 11.1. The van der Waals surface area contributed by atoms with Gasteiger partial charge < -0.3 is 5.32 Å². The smallest absolute Gasteiger partial charge is 0.244 e. The lowest BCUT2D eigenvalue weighted by Crippen LogP contribution is -2.27. The van der Waals surface area contributed by atoms with E-state index in [9.17, 15) is 9.18 Å². The van der Waals surface area contributed by atoms with Crippen molar-refractivity contribution >= 4 is 12.0 Å². The summed E-state index contributed by atoms with van der Waals surface area (Å²) in [7, 11) is 0. The fourth-order valence-electron chi connectivity index (χ4n) is 1.66. The number of hydrogen-bond acceptors (Lipinski definition) is 1. The van der Waals surface area contributed by atoms with E-state index in [1.54, 1.807) is 18.2 Å². The van der Waals surface area contributed by atoms with Gasteiger partial charge in [0.1, 0.15) is 5.82 Å². The van der Waals surface area contributed by atoms with Gasteiger partial charge in [-0.25, -0.2) is 4.39 Å². The van der Waals surface area contributed by atoms with E-state index in [0.29, 0.717) is 18.0 Å². The Morgan fingerprint density at radius 2 is 2.00 bits per heavy atom. The standard InChI is InChI=1S/C15H20FNO/c1-3-12(4-2)11-17-15(18)10-9-13-7-5-6-8-14(13)16/h5-10,12H,3-4,11H2,1-2H3,(H,17,18)/b10-9+. The topological polar surface area (TPSA) is 29.1 Å². The van der Waals surface area contributed by atoms with Gasteiger partial charge in [0.2, 0.25) is 5.91 Å². The van der Waals surface area contributed by atoms with E-state index in [2.05, 4.69) is 19.2 Å². The van der Waals surface area contributed by atoms with E-state index in [0.717, 1.165) is 12.8 Å². The first-order chi connectivity index (χ1) is 8.67. The monoisotopic (exact) mass is 249 g/mol. The molecule has 1 rings (SSSR count). The number of rotatable bonds is 6. The number of hydrogen-bond donors (Lipinski definition) is 1. The maximum absolute atomic E-state index is 13.3. The van der Waals surface area contributed by atoms with Crippen LogP contribution in [0.25, 0.3) is 6.08 Å². The van der Waals surface area contributed by atoms with Crippen LogP contribution in [-0.2, 0) is 4.79 Å². The molecule has 0 saturated heterocycles. The molecular weight excluding hydrogens is 229 g/mol. The molecule has 0 bridgehead atoms. The Balaban J connectivity index is 2.47. The van der Waals surface area contributed by atoms with Gasteiger partial charge >= 0.3 is 0 Å². The Labute approximate surface area is 108 Å². The Kier molecular flexibility index (Phi) is 6.12. The van der Waals surface area contributed by atoms with Crippen LogP contribution in [0.5, 0.6) is 0 Å². The molecule has 3 heteroatoms. The summed E-state index contributed by atoms with van der Waals surface area (Å²) in [5.41, 5.74) is 0.426. The van der Waals surface area contributed by atoms with Crippen molar-refractivity contribution in [2.24, 2.45) is 5.92 Å². The quantitative estimate of drug-likeness (QED) is 0.769. The summed E-state index contributed by atoms with van der Waals surface area (Å²) in [5, 5.41) is 2.83. The van der Waals surface area contributed by atoms with Gasteiger partial charge in [0.25, 0.3) is 0 Å². The number of nitrogens with one attached hydrogen (secondary N) is 1.